The molecule has 4 nitrogen and oxygen atoms in total. The number of carbonyl (C=O) groups is 1. The fraction of sp³-hybridized carbons (Fsp3) is 0.458. The van der Waals surface area contributed by atoms with Gasteiger partial charge in [-0.1, -0.05) is 39.3 Å². The fourth-order valence-corrected chi connectivity index (χ4v) is 5.31. The van der Waals surface area contributed by atoms with Gasteiger partial charge in [-0.25, -0.2) is 0 Å². The summed E-state index contributed by atoms with van der Waals surface area (Å²) >= 11 is 1.59. The molecule has 1 aliphatic heterocycles. The minimum absolute atomic E-state index is 0.215. The third-order valence-electron chi connectivity index (χ3n) is 5.66. The standard InChI is InChI=1S/C22H24B3N3OS.C2H6/c1-13-7-14(2)11-28(10-13)12-15-3-4-16(8-17(15)22(23,24)25)26-21(29)19-9-20-18(27-19)5-6-30-20;1-2/h3-6,8-9,13-14,27H,7,10-12H2,1-2H3,(H,26,29);1-2H3. The van der Waals surface area contributed by atoms with Gasteiger partial charge < -0.3 is 10.3 Å². The van der Waals surface area contributed by atoms with Crippen molar-refractivity contribution >= 4 is 56.7 Å². The van der Waals surface area contributed by atoms with Crippen LogP contribution in [0.15, 0.2) is 35.7 Å². The van der Waals surface area contributed by atoms with Crippen molar-refractivity contribution in [1.29, 1.82) is 0 Å². The molecule has 4 rings (SSSR count). The second kappa shape index (κ2) is 10.3. The van der Waals surface area contributed by atoms with E-state index in [0.717, 1.165) is 35.4 Å². The number of aromatic nitrogens is 1. The van der Waals surface area contributed by atoms with Crippen LogP contribution in [0.5, 0.6) is 0 Å². The lowest BCUT2D eigenvalue weighted by Crippen LogP contribution is -2.39. The van der Waals surface area contributed by atoms with Gasteiger partial charge in [-0.2, -0.15) is 0 Å². The van der Waals surface area contributed by atoms with Gasteiger partial charge in [0, 0.05) is 25.3 Å². The normalized spacial score (nSPS) is 19.4. The Labute approximate surface area is 199 Å². The summed E-state index contributed by atoms with van der Waals surface area (Å²) in [6, 6.07) is 9.43. The smallest absolute Gasteiger partial charge is 0.272 e. The molecule has 1 saturated heterocycles. The SMILES string of the molecule is CC.[B]C([B])([B])c1cc(NC(=O)c2cc3sccc3[nH]2)ccc1CN1CC(C)CC(C)C1. The van der Waals surface area contributed by atoms with E-state index < -0.39 is 5.11 Å². The highest BCUT2D eigenvalue weighted by molar-refractivity contribution is 7.17. The van der Waals surface area contributed by atoms with E-state index in [0.29, 0.717) is 28.8 Å². The molecule has 32 heavy (non-hydrogen) atoms. The molecule has 1 aromatic carbocycles. The molecule has 0 aliphatic carbocycles. The topological polar surface area (TPSA) is 48.1 Å². The van der Waals surface area contributed by atoms with Gasteiger partial charge in [-0.15, -0.1) is 16.4 Å². The quantitative estimate of drug-likeness (QED) is 0.569. The van der Waals surface area contributed by atoms with E-state index in [1.54, 1.807) is 17.4 Å². The van der Waals surface area contributed by atoms with Crippen LogP contribution in [0.1, 0.15) is 55.7 Å². The van der Waals surface area contributed by atoms with Crippen LogP contribution in [0, 0.1) is 11.8 Å². The van der Waals surface area contributed by atoms with E-state index >= 15 is 0 Å². The lowest BCUT2D eigenvalue weighted by atomic mass is 9.39. The van der Waals surface area contributed by atoms with Crippen molar-refractivity contribution in [3.8, 4) is 0 Å². The zero-order valence-corrected chi connectivity index (χ0v) is 20.3. The molecule has 2 N–H and O–H groups in total. The van der Waals surface area contributed by atoms with Crippen LogP contribution in [0.3, 0.4) is 0 Å². The van der Waals surface area contributed by atoms with Crippen LogP contribution in [0.2, 0.25) is 0 Å². The van der Waals surface area contributed by atoms with Gasteiger partial charge in [0.2, 0.25) is 0 Å². The molecule has 2 aromatic heterocycles. The Kier molecular flexibility index (Phi) is 7.99. The number of H-pyrrole nitrogens is 1. The molecule has 2 unspecified atom stereocenters. The first-order valence-electron chi connectivity index (χ1n) is 11.3. The van der Waals surface area contributed by atoms with E-state index in [2.05, 4.69) is 29.0 Å². The lowest BCUT2D eigenvalue weighted by Gasteiger charge is -2.36. The number of piperidine rings is 1. The number of amides is 1. The second-order valence-electron chi connectivity index (χ2n) is 8.78. The number of nitrogens with zero attached hydrogens (tertiary/aromatic N) is 1. The Morgan fingerprint density at radius 3 is 2.47 bits per heavy atom. The number of likely N-dealkylation sites (tertiary alicyclic amines) is 1. The van der Waals surface area contributed by atoms with Crippen LogP contribution in [-0.4, -0.2) is 52.4 Å². The molecule has 0 spiro atoms. The number of thiophene rings is 1. The van der Waals surface area contributed by atoms with Crippen LogP contribution >= 0.6 is 11.3 Å². The van der Waals surface area contributed by atoms with Crippen molar-refractivity contribution in [2.24, 2.45) is 11.8 Å². The molecule has 1 fully saturated rings. The second-order valence-corrected chi connectivity index (χ2v) is 9.73. The third kappa shape index (κ3) is 5.90. The van der Waals surface area contributed by atoms with Gasteiger partial charge in [0.15, 0.2) is 0 Å². The summed E-state index contributed by atoms with van der Waals surface area (Å²) in [6.45, 7) is 11.4. The number of carbonyl (C=O) groups excluding carboxylic acids is 1. The van der Waals surface area contributed by atoms with E-state index in [1.807, 2.05) is 43.5 Å². The number of anilines is 1. The summed E-state index contributed by atoms with van der Waals surface area (Å²) in [5.74, 6) is 1.10. The Bertz CT molecular complexity index is 1020. The first kappa shape index (κ1) is 24.7. The number of hydrogen-bond acceptors (Lipinski definition) is 3. The van der Waals surface area contributed by atoms with Gasteiger partial charge in [0.1, 0.15) is 5.69 Å². The minimum Gasteiger partial charge on any atom is -0.350 e. The molecule has 3 heterocycles. The molecular weight excluding hydrogens is 411 g/mol. The van der Waals surface area contributed by atoms with Gasteiger partial charge in [0.25, 0.3) is 5.91 Å². The fourth-order valence-electron chi connectivity index (χ4n) is 4.53. The largest absolute Gasteiger partial charge is 0.350 e. The van der Waals surface area contributed by atoms with Crippen molar-refractivity contribution in [2.45, 2.75) is 45.8 Å². The number of aromatic amines is 1. The number of benzene rings is 1. The summed E-state index contributed by atoms with van der Waals surface area (Å²) in [5, 5.41) is 3.42. The summed E-state index contributed by atoms with van der Waals surface area (Å²) in [5.41, 5.74) is 3.71. The van der Waals surface area contributed by atoms with Gasteiger partial charge in [-0.05, 0) is 53.5 Å². The maximum Gasteiger partial charge on any atom is 0.272 e. The van der Waals surface area contributed by atoms with Crippen molar-refractivity contribution in [3.05, 3.63) is 52.5 Å². The molecule has 8 heteroatoms. The molecule has 1 amide bonds. The van der Waals surface area contributed by atoms with Gasteiger partial charge in [0.05, 0.1) is 33.8 Å². The van der Waals surface area contributed by atoms with Crippen molar-refractivity contribution in [3.63, 3.8) is 0 Å². The highest BCUT2D eigenvalue weighted by atomic mass is 32.1. The molecule has 6 radical (unpaired) electrons. The van der Waals surface area contributed by atoms with Gasteiger partial charge >= 0.3 is 0 Å². The lowest BCUT2D eigenvalue weighted by molar-refractivity contribution is 0.102. The van der Waals surface area contributed by atoms with E-state index in [1.165, 1.54) is 6.42 Å². The summed E-state index contributed by atoms with van der Waals surface area (Å²) in [4.78, 5) is 18.2. The summed E-state index contributed by atoms with van der Waals surface area (Å²) in [7, 11) is 18.3. The van der Waals surface area contributed by atoms with E-state index in [9.17, 15) is 4.79 Å². The minimum atomic E-state index is -1.49. The predicted molar refractivity (Wildman–Crippen MR) is 139 cm³/mol. The number of nitrogens with one attached hydrogen (secondary N) is 2. The highest BCUT2D eigenvalue weighted by Crippen LogP contribution is 2.28. The van der Waals surface area contributed by atoms with Crippen LogP contribution in [0.4, 0.5) is 5.69 Å². The number of fused-ring (bicyclic) bond motifs is 1. The zero-order valence-electron chi connectivity index (χ0n) is 19.4. The van der Waals surface area contributed by atoms with Crippen molar-refractivity contribution < 1.29 is 4.79 Å². The van der Waals surface area contributed by atoms with Crippen LogP contribution in [0.25, 0.3) is 10.2 Å². The van der Waals surface area contributed by atoms with Crippen LogP contribution in [-0.2, 0) is 11.7 Å². The number of rotatable bonds is 5. The Balaban J connectivity index is 0.00000141. The molecule has 0 saturated carbocycles. The van der Waals surface area contributed by atoms with Crippen LogP contribution < -0.4 is 5.32 Å². The van der Waals surface area contributed by atoms with E-state index in [4.69, 9.17) is 23.5 Å². The number of hydrogen-bond donors (Lipinski definition) is 2. The Morgan fingerprint density at radius 1 is 1.16 bits per heavy atom. The maximum absolute atomic E-state index is 12.7. The zero-order chi connectivity index (χ0) is 23.5. The highest BCUT2D eigenvalue weighted by Gasteiger charge is 2.24. The molecule has 1 aliphatic rings. The van der Waals surface area contributed by atoms with Crippen molar-refractivity contribution in [2.75, 3.05) is 18.4 Å². The molecule has 162 valence electrons. The predicted octanol–water partition coefficient (Wildman–Crippen LogP) is 4.60. The molecule has 2 atom stereocenters. The summed E-state index contributed by atoms with van der Waals surface area (Å²) in [6.07, 6.45) is 1.25. The summed E-state index contributed by atoms with van der Waals surface area (Å²) < 4.78 is 1.05. The first-order chi connectivity index (χ1) is 15.2. The maximum atomic E-state index is 12.7. The Morgan fingerprint density at radius 2 is 1.84 bits per heavy atom. The average molecular weight is 441 g/mol. The van der Waals surface area contributed by atoms with Crippen molar-refractivity contribution in [1.82, 2.24) is 9.88 Å². The molecule has 3 aromatic rings. The van der Waals surface area contributed by atoms with E-state index in [-0.39, 0.29) is 5.91 Å². The molecular formula is C24H30B3N3OS. The third-order valence-corrected chi connectivity index (χ3v) is 6.52. The molecule has 0 bridgehead atoms. The first-order valence-corrected chi connectivity index (χ1v) is 12.2. The average Bonchev–Trinajstić information content (AvgIpc) is 3.31. The monoisotopic (exact) mass is 441 g/mol. The van der Waals surface area contributed by atoms with Gasteiger partial charge in [-0.3, -0.25) is 9.69 Å². The Hall–Kier alpha value is -1.92.